The molecule has 1 aliphatic heterocycles. The van der Waals surface area contributed by atoms with Crippen molar-refractivity contribution in [3.8, 4) is 0 Å². The summed E-state index contributed by atoms with van der Waals surface area (Å²) in [7, 11) is -3.61. The van der Waals surface area contributed by atoms with Crippen molar-refractivity contribution in [3.05, 3.63) is 57.8 Å². The maximum absolute atomic E-state index is 12.8. The first kappa shape index (κ1) is 16.8. The molecule has 1 fully saturated rings. The van der Waals surface area contributed by atoms with Crippen LogP contribution < -0.4 is 5.56 Å². The van der Waals surface area contributed by atoms with E-state index in [4.69, 9.17) is 4.74 Å². The summed E-state index contributed by atoms with van der Waals surface area (Å²) in [6.07, 6.45) is -0.591. The third kappa shape index (κ3) is 3.40. The third-order valence-electron chi connectivity index (χ3n) is 3.88. The molecule has 1 atom stereocenters. The number of aromatic nitrogens is 2. The largest absolute Gasteiger partial charge is 0.368 e. The molecule has 1 N–H and O–H groups in total. The van der Waals surface area contributed by atoms with Crippen LogP contribution in [-0.4, -0.2) is 42.4 Å². The molecular formula is C16H19N3O4S. The number of aryl methyl sites for hydroxylation is 2. The number of rotatable bonds is 3. The van der Waals surface area contributed by atoms with Gasteiger partial charge in [0, 0.05) is 24.8 Å². The molecule has 0 aliphatic carbocycles. The molecule has 8 heteroatoms. The van der Waals surface area contributed by atoms with Gasteiger partial charge in [0.05, 0.1) is 11.5 Å². The van der Waals surface area contributed by atoms with E-state index in [0.717, 1.165) is 5.56 Å². The molecule has 1 aromatic heterocycles. The number of benzene rings is 1. The van der Waals surface area contributed by atoms with Crippen LogP contribution in [0.2, 0.25) is 0 Å². The van der Waals surface area contributed by atoms with Crippen LogP contribution in [0.1, 0.15) is 23.2 Å². The van der Waals surface area contributed by atoms with Gasteiger partial charge in [0.1, 0.15) is 11.9 Å². The lowest BCUT2D eigenvalue weighted by Crippen LogP contribution is -2.42. The van der Waals surface area contributed by atoms with E-state index in [1.807, 2.05) is 6.92 Å². The fraction of sp³-hybridized carbons (Fsp3) is 0.375. The van der Waals surface area contributed by atoms with Crippen molar-refractivity contribution >= 4 is 10.0 Å². The monoisotopic (exact) mass is 349 g/mol. The average molecular weight is 349 g/mol. The van der Waals surface area contributed by atoms with E-state index in [0.29, 0.717) is 11.5 Å². The van der Waals surface area contributed by atoms with Gasteiger partial charge in [0.25, 0.3) is 5.56 Å². The normalized spacial score (nSPS) is 19.3. The molecule has 0 saturated carbocycles. The standard InChI is InChI=1S/C16H19N3O4S/c1-11-3-5-13(6-4-11)24(21,22)19-7-8-23-14(10-19)16-17-12(2)9-15(20)18-16/h3-6,9,14H,7-8,10H2,1-2H3,(H,17,18,20). The van der Waals surface area contributed by atoms with Gasteiger partial charge >= 0.3 is 0 Å². The average Bonchev–Trinajstić information content (AvgIpc) is 2.54. The molecule has 1 aromatic carbocycles. The van der Waals surface area contributed by atoms with E-state index in [1.54, 1.807) is 31.2 Å². The van der Waals surface area contributed by atoms with Crippen molar-refractivity contribution in [1.82, 2.24) is 14.3 Å². The highest BCUT2D eigenvalue weighted by molar-refractivity contribution is 7.89. The van der Waals surface area contributed by atoms with E-state index in [-0.39, 0.29) is 30.2 Å². The quantitative estimate of drug-likeness (QED) is 0.897. The lowest BCUT2D eigenvalue weighted by Gasteiger charge is -2.31. The Kier molecular flexibility index (Phi) is 4.53. The van der Waals surface area contributed by atoms with Crippen LogP contribution in [0.3, 0.4) is 0 Å². The van der Waals surface area contributed by atoms with Gasteiger partial charge in [-0.15, -0.1) is 0 Å². The molecule has 0 bridgehead atoms. The van der Waals surface area contributed by atoms with Gasteiger partial charge in [0.2, 0.25) is 10.0 Å². The van der Waals surface area contributed by atoms with Crippen molar-refractivity contribution in [2.75, 3.05) is 19.7 Å². The van der Waals surface area contributed by atoms with Crippen LogP contribution in [0.15, 0.2) is 40.0 Å². The summed E-state index contributed by atoms with van der Waals surface area (Å²) in [6, 6.07) is 8.12. The fourth-order valence-corrected chi connectivity index (χ4v) is 4.05. The van der Waals surface area contributed by atoms with Crippen LogP contribution in [0, 0.1) is 13.8 Å². The number of nitrogens with zero attached hydrogens (tertiary/aromatic N) is 2. The second kappa shape index (κ2) is 6.46. The molecule has 1 aliphatic rings. The molecule has 0 radical (unpaired) electrons. The molecular weight excluding hydrogens is 330 g/mol. The highest BCUT2D eigenvalue weighted by Crippen LogP contribution is 2.24. The van der Waals surface area contributed by atoms with Gasteiger partial charge in [-0.2, -0.15) is 4.31 Å². The van der Waals surface area contributed by atoms with Crippen molar-refractivity contribution in [2.24, 2.45) is 0 Å². The first-order valence-corrected chi connectivity index (χ1v) is 9.06. The van der Waals surface area contributed by atoms with Crippen LogP contribution in [0.5, 0.6) is 0 Å². The Morgan fingerprint density at radius 3 is 2.62 bits per heavy atom. The zero-order chi connectivity index (χ0) is 17.3. The number of morpholine rings is 1. The lowest BCUT2D eigenvalue weighted by molar-refractivity contribution is -0.00774. The zero-order valence-electron chi connectivity index (χ0n) is 13.5. The van der Waals surface area contributed by atoms with Crippen LogP contribution in [0.4, 0.5) is 0 Å². The molecule has 3 rings (SSSR count). The summed E-state index contributed by atoms with van der Waals surface area (Å²) >= 11 is 0. The maximum Gasteiger partial charge on any atom is 0.251 e. The first-order valence-electron chi connectivity index (χ1n) is 7.62. The molecule has 24 heavy (non-hydrogen) atoms. The van der Waals surface area contributed by atoms with Gasteiger partial charge in [-0.25, -0.2) is 13.4 Å². The van der Waals surface area contributed by atoms with Crippen molar-refractivity contribution in [3.63, 3.8) is 0 Å². The van der Waals surface area contributed by atoms with Gasteiger partial charge < -0.3 is 9.72 Å². The molecule has 128 valence electrons. The molecule has 2 aromatic rings. The smallest absolute Gasteiger partial charge is 0.251 e. The number of H-pyrrole nitrogens is 1. The number of aromatic amines is 1. The van der Waals surface area contributed by atoms with Crippen molar-refractivity contribution in [2.45, 2.75) is 24.8 Å². The Balaban J connectivity index is 1.87. The van der Waals surface area contributed by atoms with E-state index in [1.165, 1.54) is 10.4 Å². The molecule has 0 amide bonds. The molecule has 0 spiro atoms. The Morgan fingerprint density at radius 1 is 1.25 bits per heavy atom. The van der Waals surface area contributed by atoms with Crippen LogP contribution in [0.25, 0.3) is 0 Å². The third-order valence-corrected chi connectivity index (χ3v) is 5.76. The Morgan fingerprint density at radius 2 is 1.96 bits per heavy atom. The topological polar surface area (TPSA) is 92.4 Å². The Hall–Kier alpha value is -2.03. The van der Waals surface area contributed by atoms with Crippen molar-refractivity contribution < 1.29 is 13.2 Å². The van der Waals surface area contributed by atoms with Gasteiger partial charge in [0.15, 0.2) is 0 Å². The minimum absolute atomic E-state index is 0.114. The molecule has 1 unspecified atom stereocenters. The summed E-state index contributed by atoms with van der Waals surface area (Å²) in [5, 5.41) is 0. The fourth-order valence-electron chi connectivity index (χ4n) is 2.62. The van der Waals surface area contributed by atoms with E-state index in [9.17, 15) is 13.2 Å². The Bertz CT molecular complexity index is 890. The predicted molar refractivity (Wildman–Crippen MR) is 88.2 cm³/mol. The van der Waals surface area contributed by atoms with E-state index >= 15 is 0 Å². The van der Waals surface area contributed by atoms with Gasteiger partial charge in [-0.05, 0) is 26.0 Å². The summed E-state index contributed by atoms with van der Waals surface area (Å²) in [5.74, 6) is 0.351. The first-order chi connectivity index (χ1) is 11.4. The summed E-state index contributed by atoms with van der Waals surface area (Å²) in [4.78, 5) is 18.7. The van der Waals surface area contributed by atoms with E-state index < -0.39 is 16.1 Å². The number of nitrogens with one attached hydrogen (secondary N) is 1. The minimum atomic E-state index is -3.61. The van der Waals surface area contributed by atoms with E-state index in [2.05, 4.69) is 9.97 Å². The summed E-state index contributed by atoms with van der Waals surface area (Å²) in [5.41, 5.74) is 1.28. The van der Waals surface area contributed by atoms with Crippen LogP contribution >= 0.6 is 0 Å². The zero-order valence-corrected chi connectivity index (χ0v) is 14.3. The second-order valence-corrected chi connectivity index (χ2v) is 7.75. The SMILES string of the molecule is Cc1ccc(S(=O)(=O)N2CCOC(c3nc(C)cc(=O)[nH]3)C2)cc1. The highest BCUT2D eigenvalue weighted by Gasteiger charge is 2.32. The van der Waals surface area contributed by atoms with Crippen molar-refractivity contribution in [1.29, 1.82) is 0 Å². The summed E-state index contributed by atoms with van der Waals surface area (Å²) < 4.78 is 32.6. The number of hydrogen-bond acceptors (Lipinski definition) is 5. The maximum atomic E-state index is 12.8. The Labute approximate surface area is 140 Å². The van der Waals surface area contributed by atoms with Gasteiger partial charge in [-0.3, -0.25) is 4.79 Å². The molecule has 1 saturated heterocycles. The number of sulfonamides is 1. The second-order valence-electron chi connectivity index (χ2n) is 5.81. The van der Waals surface area contributed by atoms with Crippen LogP contribution in [-0.2, 0) is 14.8 Å². The number of hydrogen-bond donors (Lipinski definition) is 1. The highest BCUT2D eigenvalue weighted by atomic mass is 32.2. The molecule has 7 nitrogen and oxygen atoms in total. The number of ether oxygens (including phenoxy) is 1. The summed E-state index contributed by atoms with van der Waals surface area (Å²) in [6.45, 7) is 4.24. The minimum Gasteiger partial charge on any atom is -0.368 e. The molecule has 2 heterocycles. The van der Waals surface area contributed by atoms with Gasteiger partial charge in [-0.1, -0.05) is 17.7 Å². The predicted octanol–water partition coefficient (Wildman–Crippen LogP) is 1.15. The lowest BCUT2D eigenvalue weighted by atomic mass is 10.2.